The molecule has 1 aromatic carbocycles. The number of halogens is 2. The Balaban J connectivity index is 2.29. The van der Waals surface area contributed by atoms with E-state index in [-0.39, 0.29) is 5.69 Å². The Hall–Kier alpha value is -2.28. The van der Waals surface area contributed by atoms with Gasteiger partial charge in [-0.1, -0.05) is 6.92 Å². The van der Waals surface area contributed by atoms with Gasteiger partial charge in [0, 0.05) is 18.6 Å². The Morgan fingerprint density at radius 3 is 2.55 bits per heavy atom. The summed E-state index contributed by atoms with van der Waals surface area (Å²) in [7, 11) is 0. The molecule has 0 aliphatic heterocycles. The van der Waals surface area contributed by atoms with Gasteiger partial charge < -0.3 is 10.7 Å². The number of nitrogen functional groups attached to an aromatic ring is 1. The Bertz CT molecular complexity index is 603. The lowest BCUT2D eigenvalue weighted by Gasteiger charge is -2.10. The van der Waals surface area contributed by atoms with Crippen molar-refractivity contribution in [3.63, 3.8) is 0 Å². The third-order valence-corrected chi connectivity index (χ3v) is 2.59. The average molecular weight is 279 g/mol. The van der Waals surface area contributed by atoms with Crippen LogP contribution < -0.4 is 16.6 Å². The van der Waals surface area contributed by atoms with Crippen molar-refractivity contribution < 1.29 is 8.78 Å². The number of benzene rings is 1. The Kier molecular flexibility index (Phi) is 4.41. The van der Waals surface area contributed by atoms with E-state index in [2.05, 4.69) is 20.7 Å². The minimum atomic E-state index is -0.692. The molecule has 1 heterocycles. The van der Waals surface area contributed by atoms with E-state index in [1.807, 2.05) is 6.92 Å². The van der Waals surface area contributed by atoms with E-state index in [0.29, 0.717) is 23.9 Å². The number of hydrogen-bond acceptors (Lipinski definition) is 5. The molecule has 2 rings (SSSR count). The zero-order valence-corrected chi connectivity index (χ0v) is 11.0. The van der Waals surface area contributed by atoms with Gasteiger partial charge in [-0.25, -0.2) is 24.6 Å². The van der Waals surface area contributed by atoms with Crippen LogP contribution in [0.2, 0.25) is 0 Å². The van der Waals surface area contributed by atoms with Crippen LogP contribution in [0.4, 0.5) is 26.1 Å². The van der Waals surface area contributed by atoms with Gasteiger partial charge in [0.05, 0.1) is 5.69 Å². The highest BCUT2D eigenvalue weighted by Crippen LogP contribution is 2.21. The van der Waals surface area contributed by atoms with Crippen molar-refractivity contribution in [2.45, 2.75) is 19.8 Å². The van der Waals surface area contributed by atoms with Crippen molar-refractivity contribution in [3.05, 3.63) is 41.7 Å². The summed E-state index contributed by atoms with van der Waals surface area (Å²) >= 11 is 0. The zero-order valence-electron chi connectivity index (χ0n) is 11.0. The molecular formula is C13H15F2N5. The van der Waals surface area contributed by atoms with Crippen molar-refractivity contribution in [1.82, 2.24) is 9.97 Å². The lowest BCUT2D eigenvalue weighted by atomic mass is 10.3. The van der Waals surface area contributed by atoms with Crippen LogP contribution in [0.25, 0.3) is 0 Å². The van der Waals surface area contributed by atoms with Gasteiger partial charge in [0.2, 0.25) is 0 Å². The SMILES string of the molecule is CCCc1nc(NN)cc(Nc2ccc(F)cc2F)n1. The molecule has 2 aromatic rings. The molecular weight excluding hydrogens is 264 g/mol. The highest BCUT2D eigenvalue weighted by molar-refractivity contribution is 5.59. The van der Waals surface area contributed by atoms with Crippen molar-refractivity contribution in [2.75, 3.05) is 10.7 Å². The first kappa shape index (κ1) is 14.1. The van der Waals surface area contributed by atoms with E-state index in [0.717, 1.165) is 12.5 Å². The molecule has 0 saturated carbocycles. The second kappa shape index (κ2) is 6.25. The summed E-state index contributed by atoms with van der Waals surface area (Å²) in [6, 6.07) is 4.82. The third kappa shape index (κ3) is 3.39. The van der Waals surface area contributed by atoms with Gasteiger partial charge >= 0.3 is 0 Å². The summed E-state index contributed by atoms with van der Waals surface area (Å²) in [6.45, 7) is 2.00. The molecule has 20 heavy (non-hydrogen) atoms. The molecule has 0 aliphatic rings. The molecule has 0 bridgehead atoms. The predicted octanol–water partition coefficient (Wildman–Crippen LogP) is 2.74. The Morgan fingerprint density at radius 2 is 1.90 bits per heavy atom. The maximum absolute atomic E-state index is 13.6. The molecule has 0 aliphatic carbocycles. The fourth-order valence-electron chi connectivity index (χ4n) is 1.70. The summed E-state index contributed by atoms with van der Waals surface area (Å²) in [6.07, 6.45) is 1.55. The number of anilines is 3. The highest BCUT2D eigenvalue weighted by Gasteiger charge is 2.07. The molecule has 0 spiro atoms. The second-order valence-electron chi connectivity index (χ2n) is 4.20. The number of hydrazine groups is 1. The first-order valence-electron chi connectivity index (χ1n) is 6.19. The maximum Gasteiger partial charge on any atom is 0.149 e. The van der Waals surface area contributed by atoms with Crippen LogP contribution in [0.5, 0.6) is 0 Å². The van der Waals surface area contributed by atoms with Crippen LogP contribution in [0.3, 0.4) is 0 Å². The van der Waals surface area contributed by atoms with Gasteiger partial charge in [-0.2, -0.15) is 0 Å². The predicted molar refractivity (Wildman–Crippen MR) is 73.5 cm³/mol. The topological polar surface area (TPSA) is 75.9 Å². The molecule has 0 saturated heterocycles. The number of nitrogens with one attached hydrogen (secondary N) is 2. The largest absolute Gasteiger partial charge is 0.338 e. The Labute approximate surface area is 115 Å². The molecule has 0 amide bonds. The van der Waals surface area contributed by atoms with E-state index in [1.165, 1.54) is 12.1 Å². The fraction of sp³-hybridized carbons (Fsp3) is 0.231. The zero-order chi connectivity index (χ0) is 14.5. The second-order valence-corrected chi connectivity index (χ2v) is 4.20. The standard InChI is InChI=1S/C13H15F2N5/c1-2-3-11-18-12(7-13(19-11)20-16)17-10-5-4-8(14)6-9(10)15/h4-7H,2-3,16H2,1H3,(H2,17,18,19,20). The number of nitrogens with two attached hydrogens (primary N) is 1. The summed E-state index contributed by atoms with van der Waals surface area (Å²) in [5, 5.41) is 2.78. The molecule has 7 heteroatoms. The molecule has 1 aromatic heterocycles. The van der Waals surface area contributed by atoms with Crippen molar-refractivity contribution in [3.8, 4) is 0 Å². The van der Waals surface area contributed by atoms with Crippen molar-refractivity contribution in [2.24, 2.45) is 5.84 Å². The van der Waals surface area contributed by atoms with Gasteiger partial charge in [0.15, 0.2) is 0 Å². The number of hydrogen-bond donors (Lipinski definition) is 3. The summed E-state index contributed by atoms with van der Waals surface area (Å²) in [5.41, 5.74) is 2.57. The van der Waals surface area contributed by atoms with Crippen molar-refractivity contribution in [1.29, 1.82) is 0 Å². The number of aromatic nitrogens is 2. The third-order valence-electron chi connectivity index (χ3n) is 2.59. The minimum Gasteiger partial charge on any atom is -0.338 e. The maximum atomic E-state index is 13.6. The first-order valence-corrected chi connectivity index (χ1v) is 6.19. The van der Waals surface area contributed by atoms with Crippen LogP contribution in [0.15, 0.2) is 24.3 Å². The average Bonchev–Trinajstić information content (AvgIpc) is 2.42. The lowest BCUT2D eigenvalue weighted by Crippen LogP contribution is -2.11. The summed E-state index contributed by atoms with van der Waals surface area (Å²) in [4.78, 5) is 8.43. The van der Waals surface area contributed by atoms with E-state index in [1.54, 1.807) is 6.07 Å². The molecule has 0 atom stereocenters. The number of nitrogens with zero attached hydrogens (tertiary/aromatic N) is 2. The smallest absolute Gasteiger partial charge is 0.149 e. The fourth-order valence-corrected chi connectivity index (χ4v) is 1.70. The molecule has 0 radical (unpaired) electrons. The molecule has 0 unspecified atom stereocenters. The van der Waals surface area contributed by atoms with Crippen LogP contribution in [0.1, 0.15) is 19.2 Å². The van der Waals surface area contributed by atoms with E-state index < -0.39 is 11.6 Å². The Morgan fingerprint density at radius 1 is 1.15 bits per heavy atom. The van der Waals surface area contributed by atoms with Crippen LogP contribution in [-0.2, 0) is 6.42 Å². The lowest BCUT2D eigenvalue weighted by molar-refractivity contribution is 0.586. The number of rotatable bonds is 5. The number of aryl methyl sites for hydroxylation is 1. The normalized spacial score (nSPS) is 10.4. The first-order chi connectivity index (χ1) is 9.62. The van der Waals surface area contributed by atoms with Gasteiger partial charge in [-0.15, -0.1) is 0 Å². The molecule has 106 valence electrons. The van der Waals surface area contributed by atoms with E-state index in [9.17, 15) is 8.78 Å². The molecule has 5 nitrogen and oxygen atoms in total. The van der Waals surface area contributed by atoms with Gasteiger partial charge in [-0.3, -0.25) is 0 Å². The van der Waals surface area contributed by atoms with Gasteiger partial charge in [0.25, 0.3) is 0 Å². The van der Waals surface area contributed by atoms with Crippen molar-refractivity contribution >= 4 is 17.3 Å². The van der Waals surface area contributed by atoms with Crippen LogP contribution in [0, 0.1) is 11.6 Å². The van der Waals surface area contributed by atoms with Gasteiger partial charge in [-0.05, 0) is 18.6 Å². The monoisotopic (exact) mass is 279 g/mol. The summed E-state index contributed by atoms with van der Waals surface area (Å²) in [5.74, 6) is 5.42. The van der Waals surface area contributed by atoms with Gasteiger partial charge in [0.1, 0.15) is 29.1 Å². The quantitative estimate of drug-likeness (QED) is 0.579. The van der Waals surface area contributed by atoms with E-state index in [4.69, 9.17) is 5.84 Å². The minimum absolute atomic E-state index is 0.135. The van der Waals surface area contributed by atoms with Crippen LogP contribution in [-0.4, -0.2) is 9.97 Å². The highest BCUT2D eigenvalue weighted by atomic mass is 19.1. The molecule has 0 fully saturated rings. The summed E-state index contributed by atoms with van der Waals surface area (Å²) < 4.78 is 26.4. The van der Waals surface area contributed by atoms with E-state index >= 15 is 0 Å². The molecule has 4 N–H and O–H groups in total. The van der Waals surface area contributed by atoms with Crippen LogP contribution >= 0.6 is 0 Å².